The Hall–Kier alpha value is -0.340. The maximum absolute atomic E-state index is 8.69. The van der Waals surface area contributed by atoms with Crippen LogP contribution in [-0.2, 0) is 0 Å². The van der Waals surface area contributed by atoms with Crippen LogP contribution in [-0.4, -0.2) is 22.9 Å². The second-order valence-corrected chi connectivity index (χ2v) is 1.64. The summed E-state index contributed by atoms with van der Waals surface area (Å²) in [6.45, 7) is 1.73. The molecule has 0 saturated heterocycles. The minimum Gasteiger partial charge on any atom is -0.394 e. The third-order valence-corrected chi connectivity index (χ3v) is 0.855. The molecule has 0 spiro atoms. The van der Waals surface area contributed by atoms with E-state index in [2.05, 4.69) is 0 Å². The van der Waals surface area contributed by atoms with Crippen LogP contribution in [0.2, 0.25) is 0 Å². The van der Waals surface area contributed by atoms with Gasteiger partial charge in [-0.05, 0) is 13.3 Å². The molecule has 0 unspecified atom stereocenters. The van der Waals surface area contributed by atoms with Crippen LogP contribution in [0.5, 0.6) is 0 Å². The Bertz CT molecular complexity index is 68.9. The summed E-state index contributed by atoms with van der Waals surface area (Å²) < 4.78 is 0. The molecule has 0 aliphatic rings. The van der Waals surface area contributed by atoms with Crippen molar-refractivity contribution in [2.45, 2.75) is 19.4 Å². The van der Waals surface area contributed by atoms with E-state index in [-0.39, 0.29) is 6.61 Å². The summed E-state index contributed by atoms with van der Waals surface area (Å²) in [5.74, 6) is 0. The molecule has 0 aromatic carbocycles. The maximum atomic E-state index is 8.69. The smallest absolute Gasteiger partial charge is 0.0805 e. The van der Waals surface area contributed by atoms with Crippen LogP contribution in [0, 0.1) is 0 Å². The van der Waals surface area contributed by atoms with E-state index in [1.54, 1.807) is 0 Å². The molecule has 0 heterocycles. The lowest BCUT2D eigenvalue weighted by Crippen LogP contribution is -2.09. The zero-order valence-electron chi connectivity index (χ0n) is 5.04. The summed E-state index contributed by atoms with van der Waals surface area (Å²) in [7, 11) is 0. The van der Waals surface area contributed by atoms with Gasteiger partial charge in [-0.2, -0.15) is 0 Å². The normalized spacial score (nSPS) is 14.9. The lowest BCUT2D eigenvalue weighted by Gasteiger charge is -1.99. The molecule has 0 saturated carbocycles. The quantitative estimate of drug-likeness (QED) is 0.521. The summed E-state index contributed by atoms with van der Waals surface area (Å²) in [6, 6.07) is 0. The predicted molar refractivity (Wildman–Crippen MR) is 32.5 cm³/mol. The standard InChI is InChI=1S/C6H12O2/c1-2-3-4-6(8)5-7/h2-3,6-8H,4-5H2,1H3/b3-2+/t6-/m1/s1. The van der Waals surface area contributed by atoms with Crippen LogP contribution in [0.15, 0.2) is 12.2 Å². The van der Waals surface area contributed by atoms with Crippen LogP contribution in [0.1, 0.15) is 13.3 Å². The van der Waals surface area contributed by atoms with Crippen molar-refractivity contribution in [3.05, 3.63) is 12.2 Å². The number of rotatable bonds is 3. The van der Waals surface area contributed by atoms with Gasteiger partial charge < -0.3 is 10.2 Å². The highest BCUT2D eigenvalue weighted by Crippen LogP contribution is 1.89. The molecule has 0 amide bonds. The molecule has 1 atom stereocenters. The molecule has 0 aliphatic carbocycles. The molecular weight excluding hydrogens is 104 g/mol. The third kappa shape index (κ3) is 3.84. The molecule has 2 heteroatoms. The third-order valence-electron chi connectivity index (χ3n) is 0.855. The van der Waals surface area contributed by atoms with Crippen LogP contribution >= 0.6 is 0 Å². The van der Waals surface area contributed by atoms with Crippen molar-refractivity contribution in [3.8, 4) is 0 Å². The van der Waals surface area contributed by atoms with Gasteiger partial charge in [-0.1, -0.05) is 12.2 Å². The van der Waals surface area contributed by atoms with Crippen molar-refractivity contribution in [1.82, 2.24) is 0 Å². The van der Waals surface area contributed by atoms with Gasteiger partial charge in [-0.3, -0.25) is 0 Å². The Balaban J connectivity index is 3.10. The monoisotopic (exact) mass is 116 g/mol. The average Bonchev–Trinajstić information content (AvgIpc) is 1.83. The minimum absolute atomic E-state index is 0.148. The van der Waals surface area contributed by atoms with Crippen molar-refractivity contribution >= 4 is 0 Å². The van der Waals surface area contributed by atoms with Crippen LogP contribution in [0.25, 0.3) is 0 Å². The summed E-state index contributed by atoms with van der Waals surface area (Å²) in [4.78, 5) is 0. The number of allylic oxidation sites excluding steroid dienone is 1. The van der Waals surface area contributed by atoms with E-state index in [1.165, 1.54) is 0 Å². The van der Waals surface area contributed by atoms with Crippen molar-refractivity contribution in [2.24, 2.45) is 0 Å². The summed E-state index contributed by atoms with van der Waals surface area (Å²) in [6.07, 6.45) is 3.64. The highest BCUT2D eigenvalue weighted by molar-refractivity contribution is 4.79. The van der Waals surface area contributed by atoms with E-state index in [9.17, 15) is 0 Å². The maximum Gasteiger partial charge on any atom is 0.0805 e. The topological polar surface area (TPSA) is 40.5 Å². The average molecular weight is 116 g/mol. The molecule has 0 aromatic rings. The van der Waals surface area contributed by atoms with Crippen molar-refractivity contribution in [3.63, 3.8) is 0 Å². The molecule has 2 N–H and O–H groups in total. The van der Waals surface area contributed by atoms with Crippen LogP contribution in [0.3, 0.4) is 0 Å². The summed E-state index contributed by atoms with van der Waals surface area (Å²) >= 11 is 0. The first kappa shape index (κ1) is 7.66. The SMILES string of the molecule is C/C=C/C[C@@H](O)CO. The number of hydrogen-bond donors (Lipinski definition) is 2. The lowest BCUT2D eigenvalue weighted by atomic mass is 10.2. The highest BCUT2D eigenvalue weighted by Gasteiger charge is 1.94. The number of hydrogen-bond acceptors (Lipinski definition) is 2. The van der Waals surface area contributed by atoms with Crippen molar-refractivity contribution < 1.29 is 10.2 Å². The van der Waals surface area contributed by atoms with Crippen LogP contribution in [0.4, 0.5) is 0 Å². The Morgan fingerprint density at radius 3 is 2.62 bits per heavy atom. The first-order valence-electron chi connectivity index (χ1n) is 2.71. The zero-order valence-corrected chi connectivity index (χ0v) is 5.04. The van der Waals surface area contributed by atoms with E-state index < -0.39 is 6.10 Å². The molecule has 0 bridgehead atoms. The van der Waals surface area contributed by atoms with Crippen molar-refractivity contribution in [2.75, 3.05) is 6.61 Å². The van der Waals surface area contributed by atoms with Crippen molar-refractivity contribution in [1.29, 1.82) is 0 Å². The molecular formula is C6H12O2. The van der Waals surface area contributed by atoms with E-state index in [0.717, 1.165) is 0 Å². The Labute approximate surface area is 49.5 Å². The fraction of sp³-hybridized carbons (Fsp3) is 0.667. The molecule has 0 rings (SSSR count). The molecule has 0 fully saturated rings. The largest absolute Gasteiger partial charge is 0.394 e. The second kappa shape index (κ2) is 4.81. The Morgan fingerprint density at radius 1 is 1.62 bits per heavy atom. The van der Waals surface area contributed by atoms with Gasteiger partial charge in [0, 0.05) is 0 Å². The predicted octanol–water partition coefficient (Wildman–Crippen LogP) is 0.306. The fourth-order valence-electron chi connectivity index (χ4n) is 0.368. The first-order valence-corrected chi connectivity index (χ1v) is 2.71. The lowest BCUT2D eigenvalue weighted by molar-refractivity contribution is 0.0976. The second-order valence-electron chi connectivity index (χ2n) is 1.64. The van der Waals surface area contributed by atoms with E-state index >= 15 is 0 Å². The van der Waals surface area contributed by atoms with Gasteiger partial charge in [-0.25, -0.2) is 0 Å². The van der Waals surface area contributed by atoms with Gasteiger partial charge >= 0.3 is 0 Å². The van der Waals surface area contributed by atoms with Gasteiger partial charge in [0.1, 0.15) is 0 Å². The minimum atomic E-state index is -0.578. The van der Waals surface area contributed by atoms with Gasteiger partial charge in [0.15, 0.2) is 0 Å². The van der Waals surface area contributed by atoms with E-state index in [1.807, 2.05) is 19.1 Å². The zero-order chi connectivity index (χ0) is 6.41. The van der Waals surface area contributed by atoms with Gasteiger partial charge in [0.05, 0.1) is 12.7 Å². The van der Waals surface area contributed by atoms with E-state index in [0.29, 0.717) is 6.42 Å². The summed E-state index contributed by atoms with van der Waals surface area (Å²) in [5, 5.41) is 17.0. The number of aliphatic hydroxyl groups is 2. The fourth-order valence-corrected chi connectivity index (χ4v) is 0.368. The van der Waals surface area contributed by atoms with Gasteiger partial charge in [-0.15, -0.1) is 0 Å². The molecule has 0 aliphatic heterocycles. The summed E-state index contributed by atoms with van der Waals surface area (Å²) in [5.41, 5.74) is 0. The first-order chi connectivity index (χ1) is 3.81. The molecule has 0 aromatic heterocycles. The molecule has 0 radical (unpaired) electrons. The Morgan fingerprint density at radius 2 is 2.25 bits per heavy atom. The molecule has 2 nitrogen and oxygen atoms in total. The molecule has 48 valence electrons. The van der Waals surface area contributed by atoms with Gasteiger partial charge in [0.25, 0.3) is 0 Å². The highest BCUT2D eigenvalue weighted by atomic mass is 16.3. The molecule has 8 heavy (non-hydrogen) atoms. The Kier molecular flexibility index (Phi) is 4.61. The van der Waals surface area contributed by atoms with Crippen LogP contribution < -0.4 is 0 Å². The van der Waals surface area contributed by atoms with Gasteiger partial charge in [0.2, 0.25) is 0 Å². The van der Waals surface area contributed by atoms with E-state index in [4.69, 9.17) is 10.2 Å². The number of aliphatic hydroxyl groups excluding tert-OH is 2.